The van der Waals surface area contributed by atoms with Crippen LogP contribution in [-0.4, -0.2) is 24.4 Å². The minimum absolute atomic E-state index is 0.0314. The smallest absolute Gasteiger partial charge is 0.256 e. The monoisotopic (exact) mass is 249 g/mol. The van der Waals surface area contributed by atoms with E-state index in [0.29, 0.717) is 17.7 Å². The number of nitrogens with one attached hydrogen (secondary N) is 1. The summed E-state index contributed by atoms with van der Waals surface area (Å²) < 4.78 is 5.22. The van der Waals surface area contributed by atoms with Crippen LogP contribution in [-0.2, 0) is 9.53 Å². The molecule has 0 spiro atoms. The Morgan fingerprint density at radius 3 is 2.56 bits per heavy atom. The molecule has 18 heavy (non-hydrogen) atoms. The Morgan fingerprint density at radius 2 is 2.06 bits per heavy atom. The van der Waals surface area contributed by atoms with Crippen molar-refractivity contribution in [1.29, 1.82) is 0 Å². The van der Waals surface area contributed by atoms with E-state index < -0.39 is 5.60 Å². The van der Waals surface area contributed by atoms with E-state index in [1.807, 2.05) is 6.92 Å². The van der Waals surface area contributed by atoms with Gasteiger partial charge in [0, 0.05) is 18.4 Å². The summed E-state index contributed by atoms with van der Waals surface area (Å²) >= 11 is 0. The van der Waals surface area contributed by atoms with Crippen molar-refractivity contribution in [3.63, 3.8) is 0 Å². The number of carbonyl (C=O) groups excluding carboxylic acids is 2. The van der Waals surface area contributed by atoms with Gasteiger partial charge in [-0.15, -0.1) is 0 Å². The third-order valence-electron chi connectivity index (χ3n) is 3.13. The Morgan fingerprint density at radius 1 is 1.39 bits per heavy atom. The second kappa shape index (κ2) is 5.78. The van der Waals surface area contributed by atoms with Gasteiger partial charge < -0.3 is 10.1 Å². The van der Waals surface area contributed by atoms with Gasteiger partial charge in [-0.25, -0.2) is 0 Å². The topological polar surface area (TPSA) is 55.4 Å². The molecule has 0 saturated heterocycles. The fourth-order valence-corrected chi connectivity index (χ4v) is 1.48. The highest BCUT2D eigenvalue weighted by molar-refractivity contribution is 5.99. The molecule has 0 aromatic heterocycles. The van der Waals surface area contributed by atoms with Crippen LogP contribution < -0.4 is 5.32 Å². The summed E-state index contributed by atoms with van der Waals surface area (Å²) in [5.41, 5.74) is 0.319. The van der Waals surface area contributed by atoms with Gasteiger partial charge in [-0.05, 0) is 32.4 Å². The highest BCUT2D eigenvalue weighted by atomic mass is 16.5. The predicted octanol–water partition coefficient (Wildman–Crippen LogP) is 2.64. The second-order valence-corrected chi connectivity index (χ2v) is 4.38. The van der Waals surface area contributed by atoms with Crippen LogP contribution in [0.3, 0.4) is 0 Å². The van der Waals surface area contributed by atoms with Crippen molar-refractivity contribution in [3.8, 4) is 0 Å². The molecular weight excluding hydrogens is 230 g/mol. The van der Waals surface area contributed by atoms with Crippen LogP contribution in [0.2, 0.25) is 0 Å². The van der Waals surface area contributed by atoms with Gasteiger partial charge in [-0.2, -0.15) is 0 Å². The number of amides is 1. The largest absolute Gasteiger partial charge is 0.369 e. The molecule has 0 aliphatic carbocycles. The molecule has 0 heterocycles. The Balaban J connectivity index is 2.88. The van der Waals surface area contributed by atoms with Crippen LogP contribution >= 0.6 is 0 Å². The summed E-state index contributed by atoms with van der Waals surface area (Å²) in [6.45, 7) is 5.11. The molecule has 1 aromatic carbocycles. The van der Waals surface area contributed by atoms with Crippen LogP contribution in [0.1, 0.15) is 37.6 Å². The molecule has 1 N–H and O–H groups in total. The Hall–Kier alpha value is -1.68. The number of benzene rings is 1. The lowest BCUT2D eigenvalue weighted by atomic mass is 10.0. The number of hydrogen-bond donors (Lipinski definition) is 1. The quantitative estimate of drug-likeness (QED) is 0.816. The van der Waals surface area contributed by atoms with E-state index in [4.69, 9.17) is 4.74 Å². The highest BCUT2D eigenvalue weighted by Crippen LogP contribution is 2.18. The minimum Gasteiger partial charge on any atom is -0.369 e. The molecule has 0 aliphatic rings. The van der Waals surface area contributed by atoms with Gasteiger partial charge in [0.2, 0.25) is 0 Å². The van der Waals surface area contributed by atoms with Crippen molar-refractivity contribution >= 4 is 17.4 Å². The molecule has 1 unspecified atom stereocenters. The first-order valence-electron chi connectivity index (χ1n) is 5.90. The molecule has 1 atom stereocenters. The second-order valence-electron chi connectivity index (χ2n) is 4.38. The van der Waals surface area contributed by atoms with Crippen molar-refractivity contribution in [1.82, 2.24) is 0 Å². The van der Waals surface area contributed by atoms with E-state index in [0.717, 1.165) is 0 Å². The predicted molar refractivity (Wildman–Crippen MR) is 70.8 cm³/mol. The average Bonchev–Trinajstić information content (AvgIpc) is 2.38. The van der Waals surface area contributed by atoms with Crippen molar-refractivity contribution in [2.24, 2.45) is 0 Å². The summed E-state index contributed by atoms with van der Waals surface area (Å²) in [7, 11) is 1.51. The third-order valence-corrected chi connectivity index (χ3v) is 3.13. The number of rotatable bonds is 5. The molecule has 98 valence electrons. The normalized spacial score (nSPS) is 13.8. The third kappa shape index (κ3) is 3.17. The zero-order valence-electron chi connectivity index (χ0n) is 11.2. The molecule has 0 fully saturated rings. The number of methoxy groups -OCH3 is 1. The minimum atomic E-state index is -0.855. The SMILES string of the molecule is CCC(C)(OC)C(=O)Nc1cccc(C(C)=O)c1. The maximum atomic E-state index is 12.1. The summed E-state index contributed by atoms with van der Waals surface area (Å²) in [6, 6.07) is 6.86. The fraction of sp³-hybridized carbons (Fsp3) is 0.429. The number of Topliss-reactive ketones (excluding diaryl/α,β-unsaturated/α-hetero) is 1. The van der Waals surface area contributed by atoms with E-state index in [2.05, 4.69) is 5.32 Å². The first-order chi connectivity index (χ1) is 8.42. The molecular formula is C14H19NO3. The summed E-state index contributed by atoms with van der Waals surface area (Å²) in [6.07, 6.45) is 0.571. The number of carbonyl (C=O) groups is 2. The van der Waals surface area contributed by atoms with Gasteiger partial charge in [0.05, 0.1) is 0 Å². The molecule has 0 bridgehead atoms. The van der Waals surface area contributed by atoms with Gasteiger partial charge in [0.15, 0.2) is 5.78 Å². The molecule has 4 nitrogen and oxygen atoms in total. The zero-order chi connectivity index (χ0) is 13.8. The van der Waals surface area contributed by atoms with Gasteiger partial charge in [-0.1, -0.05) is 19.1 Å². The first-order valence-corrected chi connectivity index (χ1v) is 5.90. The highest BCUT2D eigenvalue weighted by Gasteiger charge is 2.30. The van der Waals surface area contributed by atoms with Gasteiger partial charge in [-0.3, -0.25) is 9.59 Å². The van der Waals surface area contributed by atoms with Crippen LogP contribution in [0.5, 0.6) is 0 Å². The van der Waals surface area contributed by atoms with E-state index in [9.17, 15) is 9.59 Å². The lowest BCUT2D eigenvalue weighted by Gasteiger charge is -2.25. The maximum absolute atomic E-state index is 12.1. The Kier molecular flexibility index (Phi) is 4.62. The molecule has 0 radical (unpaired) electrons. The fourth-order valence-electron chi connectivity index (χ4n) is 1.48. The van der Waals surface area contributed by atoms with Crippen molar-refractivity contribution in [2.45, 2.75) is 32.8 Å². The van der Waals surface area contributed by atoms with Crippen LogP contribution in [0.25, 0.3) is 0 Å². The lowest BCUT2D eigenvalue weighted by molar-refractivity contribution is -0.136. The molecule has 4 heteroatoms. The van der Waals surface area contributed by atoms with E-state index in [1.54, 1.807) is 31.2 Å². The van der Waals surface area contributed by atoms with Gasteiger partial charge >= 0.3 is 0 Å². The lowest BCUT2D eigenvalue weighted by Crippen LogP contribution is -2.41. The van der Waals surface area contributed by atoms with Crippen LogP contribution in [0.15, 0.2) is 24.3 Å². The van der Waals surface area contributed by atoms with Crippen molar-refractivity contribution in [3.05, 3.63) is 29.8 Å². The Labute approximate surface area is 107 Å². The molecule has 0 saturated carbocycles. The van der Waals surface area contributed by atoms with E-state index in [1.165, 1.54) is 14.0 Å². The van der Waals surface area contributed by atoms with Crippen molar-refractivity contribution in [2.75, 3.05) is 12.4 Å². The number of hydrogen-bond acceptors (Lipinski definition) is 3. The number of anilines is 1. The molecule has 1 amide bonds. The number of ketones is 1. The van der Waals surface area contributed by atoms with E-state index >= 15 is 0 Å². The van der Waals surface area contributed by atoms with Gasteiger partial charge in [0.1, 0.15) is 5.60 Å². The average molecular weight is 249 g/mol. The molecule has 1 aromatic rings. The van der Waals surface area contributed by atoms with Crippen LogP contribution in [0, 0.1) is 0 Å². The molecule has 1 rings (SSSR count). The zero-order valence-corrected chi connectivity index (χ0v) is 11.2. The summed E-state index contributed by atoms with van der Waals surface area (Å²) in [4.78, 5) is 23.3. The first kappa shape index (κ1) is 14.4. The number of ether oxygens (including phenoxy) is 1. The standard InChI is InChI=1S/C14H19NO3/c1-5-14(3,18-4)13(17)15-12-8-6-7-11(9-12)10(2)16/h6-9H,5H2,1-4H3,(H,15,17). The summed E-state index contributed by atoms with van der Waals surface area (Å²) in [5.74, 6) is -0.246. The molecule has 0 aliphatic heterocycles. The maximum Gasteiger partial charge on any atom is 0.256 e. The van der Waals surface area contributed by atoms with Crippen LogP contribution in [0.4, 0.5) is 5.69 Å². The van der Waals surface area contributed by atoms with Gasteiger partial charge in [0.25, 0.3) is 5.91 Å². The van der Waals surface area contributed by atoms with E-state index in [-0.39, 0.29) is 11.7 Å². The summed E-state index contributed by atoms with van der Waals surface area (Å²) in [5, 5.41) is 2.76. The van der Waals surface area contributed by atoms with Crippen molar-refractivity contribution < 1.29 is 14.3 Å². The Bertz CT molecular complexity index is 450.